The van der Waals surface area contributed by atoms with Crippen molar-refractivity contribution in [3.8, 4) is 11.1 Å². The van der Waals surface area contributed by atoms with E-state index in [1.54, 1.807) is 0 Å². The fraction of sp³-hybridized carbons (Fsp3) is 0.217. The van der Waals surface area contributed by atoms with E-state index in [1.165, 1.54) is 35.3 Å². The predicted molar refractivity (Wildman–Crippen MR) is 117 cm³/mol. The van der Waals surface area contributed by atoms with Crippen molar-refractivity contribution in [3.63, 3.8) is 0 Å². The molecule has 0 fully saturated rings. The van der Waals surface area contributed by atoms with Crippen LogP contribution in [0.2, 0.25) is 5.02 Å². The number of aryl methyl sites for hydroxylation is 2. The Balaban J connectivity index is 1.55. The molecule has 5 heteroatoms. The lowest BCUT2D eigenvalue weighted by Crippen LogP contribution is -2.11. The van der Waals surface area contributed by atoms with Gasteiger partial charge in [-0.1, -0.05) is 41.9 Å². The summed E-state index contributed by atoms with van der Waals surface area (Å²) in [4.78, 5) is 21.4. The number of nitrogens with one attached hydrogen (secondary N) is 1. The second-order valence-corrected chi connectivity index (χ2v) is 8.63. The number of fused-ring (bicyclic) bond motifs is 2. The lowest BCUT2D eigenvalue weighted by Gasteiger charge is -2.16. The Labute approximate surface area is 172 Å². The molecule has 0 unspecified atom stereocenters. The Morgan fingerprint density at radius 3 is 2.79 bits per heavy atom. The first-order valence-corrected chi connectivity index (χ1v) is 10.8. The van der Waals surface area contributed by atoms with E-state index in [2.05, 4.69) is 28.6 Å². The van der Waals surface area contributed by atoms with Crippen LogP contribution in [0.5, 0.6) is 0 Å². The second-order valence-electron chi connectivity index (χ2n) is 7.34. The third-order valence-corrected chi connectivity index (χ3v) is 6.52. The van der Waals surface area contributed by atoms with Gasteiger partial charge in [-0.15, -0.1) is 11.3 Å². The van der Waals surface area contributed by atoms with Gasteiger partial charge in [-0.3, -0.25) is 4.79 Å². The van der Waals surface area contributed by atoms with Crippen LogP contribution in [0, 0.1) is 0 Å². The fourth-order valence-corrected chi connectivity index (χ4v) is 5.21. The smallest absolute Gasteiger partial charge is 0.260 e. The Bertz CT molecular complexity index is 1240. The van der Waals surface area contributed by atoms with Crippen molar-refractivity contribution in [2.45, 2.75) is 32.1 Å². The van der Waals surface area contributed by atoms with Crippen molar-refractivity contribution in [2.24, 2.45) is 0 Å². The average molecular weight is 407 g/mol. The molecule has 0 radical (unpaired) electrons. The van der Waals surface area contributed by atoms with Crippen molar-refractivity contribution in [1.82, 2.24) is 9.97 Å². The van der Waals surface area contributed by atoms with Crippen LogP contribution < -0.4 is 5.56 Å². The number of benzene rings is 2. The molecular weight excluding hydrogens is 388 g/mol. The largest absolute Gasteiger partial charge is 0.310 e. The lowest BCUT2D eigenvalue weighted by molar-refractivity contribution is 0.686. The summed E-state index contributed by atoms with van der Waals surface area (Å²) in [6.07, 6.45) is 5.36. The second kappa shape index (κ2) is 7.19. The highest BCUT2D eigenvalue weighted by molar-refractivity contribution is 7.17. The van der Waals surface area contributed by atoms with Crippen molar-refractivity contribution in [1.29, 1.82) is 0 Å². The standard InChI is InChI=1S/C23H19ClN2OS/c24-18-7-3-4-14(10-18)11-20-25-22(27)21-19(13-28-23(21)26-20)17-9-8-15-5-1-2-6-16(15)12-17/h3-4,7-10,12-13H,1-2,5-6,11H2,(H,25,26,27). The molecule has 3 nitrogen and oxygen atoms in total. The number of H-pyrrole nitrogens is 1. The number of nitrogens with zero attached hydrogens (tertiary/aromatic N) is 1. The molecule has 0 aliphatic heterocycles. The van der Waals surface area contributed by atoms with E-state index < -0.39 is 0 Å². The molecule has 2 aromatic carbocycles. The van der Waals surface area contributed by atoms with Gasteiger partial charge >= 0.3 is 0 Å². The first kappa shape index (κ1) is 17.7. The van der Waals surface area contributed by atoms with Gasteiger partial charge in [0.05, 0.1) is 5.39 Å². The maximum Gasteiger partial charge on any atom is 0.260 e. The van der Waals surface area contributed by atoms with Crippen LogP contribution in [0.25, 0.3) is 21.3 Å². The van der Waals surface area contributed by atoms with E-state index in [-0.39, 0.29) is 5.56 Å². The van der Waals surface area contributed by atoms with Gasteiger partial charge in [-0.2, -0.15) is 0 Å². The number of aromatic nitrogens is 2. The highest BCUT2D eigenvalue weighted by atomic mass is 35.5. The van der Waals surface area contributed by atoms with E-state index in [1.807, 2.05) is 24.3 Å². The Morgan fingerprint density at radius 2 is 1.93 bits per heavy atom. The number of rotatable bonds is 3. The number of hydrogen-bond donors (Lipinski definition) is 1. The third kappa shape index (κ3) is 3.27. The molecule has 1 aliphatic carbocycles. The average Bonchev–Trinajstić information content (AvgIpc) is 3.12. The molecule has 4 aromatic rings. The summed E-state index contributed by atoms with van der Waals surface area (Å²) in [5, 5.41) is 3.43. The van der Waals surface area contributed by atoms with Gasteiger partial charge in [0.1, 0.15) is 10.7 Å². The van der Waals surface area contributed by atoms with Crippen LogP contribution >= 0.6 is 22.9 Å². The zero-order chi connectivity index (χ0) is 19.1. The van der Waals surface area contributed by atoms with Crippen molar-refractivity contribution < 1.29 is 0 Å². The summed E-state index contributed by atoms with van der Waals surface area (Å²) in [5.74, 6) is 0.665. The lowest BCUT2D eigenvalue weighted by atomic mass is 9.89. The van der Waals surface area contributed by atoms with Crippen LogP contribution in [0.3, 0.4) is 0 Å². The summed E-state index contributed by atoms with van der Waals surface area (Å²) in [7, 11) is 0. The first-order valence-electron chi connectivity index (χ1n) is 9.54. The van der Waals surface area contributed by atoms with Gasteiger partial charge in [0.2, 0.25) is 0 Å². The Morgan fingerprint density at radius 1 is 1.07 bits per heavy atom. The highest BCUT2D eigenvalue weighted by Crippen LogP contribution is 2.33. The van der Waals surface area contributed by atoms with Gasteiger partial charge in [0.25, 0.3) is 5.56 Å². The minimum absolute atomic E-state index is 0.0731. The molecule has 0 amide bonds. The monoisotopic (exact) mass is 406 g/mol. The Hall–Kier alpha value is -2.43. The minimum Gasteiger partial charge on any atom is -0.310 e. The number of hydrogen-bond acceptors (Lipinski definition) is 3. The zero-order valence-corrected chi connectivity index (χ0v) is 16.9. The van der Waals surface area contributed by atoms with Crippen molar-refractivity contribution >= 4 is 33.2 Å². The van der Waals surface area contributed by atoms with E-state index in [0.717, 1.165) is 34.4 Å². The maximum atomic E-state index is 12.9. The summed E-state index contributed by atoms with van der Waals surface area (Å²) in [6, 6.07) is 14.3. The molecule has 0 saturated heterocycles. The Kier molecular flexibility index (Phi) is 4.53. The normalized spacial score (nSPS) is 13.6. The van der Waals surface area contributed by atoms with E-state index >= 15 is 0 Å². The first-order chi connectivity index (χ1) is 13.7. The molecule has 0 atom stereocenters. The summed E-state index contributed by atoms with van der Waals surface area (Å²) in [6.45, 7) is 0. The molecule has 1 N–H and O–H groups in total. The minimum atomic E-state index is -0.0731. The molecule has 1 aliphatic rings. The molecule has 140 valence electrons. The van der Waals surface area contributed by atoms with Crippen LogP contribution in [-0.4, -0.2) is 9.97 Å². The van der Waals surface area contributed by atoms with Crippen molar-refractivity contribution in [3.05, 3.63) is 85.7 Å². The number of thiophene rings is 1. The van der Waals surface area contributed by atoms with E-state index in [0.29, 0.717) is 22.7 Å². The van der Waals surface area contributed by atoms with Crippen LogP contribution in [0.15, 0.2) is 52.6 Å². The SMILES string of the molecule is O=c1[nH]c(Cc2cccc(Cl)c2)nc2scc(-c3ccc4c(c3)CCCC4)c12. The fourth-order valence-electron chi connectivity index (χ4n) is 4.03. The molecule has 0 bridgehead atoms. The topological polar surface area (TPSA) is 45.8 Å². The van der Waals surface area contributed by atoms with E-state index in [4.69, 9.17) is 16.6 Å². The van der Waals surface area contributed by atoms with Gasteiger partial charge in [0.15, 0.2) is 0 Å². The molecular formula is C23H19ClN2OS. The van der Waals surface area contributed by atoms with Crippen LogP contribution in [-0.2, 0) is 19.3 Å². The summed E-state index contributed by atoms with van der Waals surface area (Å²) < 4.78 is 0. The predicted octanol–water partition coefficient (Wildman–Crippen LogP) is 5.77. The molecule has 5 rings (SSSR count). The quantitative estimate of drug-likeness (QED) is 0.469. The molecule has 28 heavy (non-hydrogen) atoms. The summed E-state index contributed by atoms with van der Waals surface area (Å²) >= 11 is 7.60. The number of halogens is 1. The van der Waals surface area contributed by atoms with Crippen LogP contribution in [0.1, 0.15) is 35.4 Å². The molecule has 0 saturated carbocycles. The molecule has 2 aromatic heterocycles. The van der Waals surface area contributed by atoms with E-state index in [9.17, 15) is 4.79 Å². The van der Waals surface area contributed by atoms with Crippen molar-refractivity contribution in [2.75, 3.05) is 0 Å². The van der Waals surface area contributed by atoms with Gasteiger partial charge in [-0.25, -0.2) is 4.98 Å². The maximum absolute atomic E-state index is 12.9. The number of aromatic amines is 1. The molecule has 0 spiro atoms. The molecule has 2 heterocycles. The third-order valence-electron chi connectivity index (χ3n) is 5.41. The summed E-state index contributed by atoms with van der Waals surface area (Å²) in [5.41, 5.74) is 5.92. The van der Waals surface area contributed by atoms with Gasteiger partial charge in [-0.05, 0) is 60.1 Å². The van der Waals surface area contributed by atoms with Gasteiger partial charge in [0, 0.05) is 22.4 Å². The zero-order valence-electron chi connectivity index (χ0n) is 15.3. The highest BCUT2D eigenvalue weighted by Gasteiger charge is 2.16. The van der Waals surface area contributed by atoms with Crippen LogP contribution in [0.4, 0.5) is 0 Å². The van der Waals surface area contributed by atoms with Gasteiger partial charge < -0.3 is 4.98 Å².